The van der Waals surface area contributed by atoms with Gasteiger partial charge in [0, 0.05) is 24.2 Å². The number of nitrogens with one attached hydrogen (secondary N) is 2. The molecule has 0 saturated heterocycles. The molecule has 0 spiro atoms. The fourth-order valence-corrected chi connectivity index (χ4v) is 5.65. The lowest BCUT2D eigenvalue weighted by Crippen LogP contribution is -2.53. The molecule has 40 heavy (non-hydrogen) atoms. The van der Waals surface area contributed by atoms with Crippen LogP contribution in [0, 0.1) is 6.92 Å². The van der Waals surface area contributed by atoms with E-state index >= 15 is 0 Å². The van der Waals surface area contributed by atoms with Gasteiger partial charge in [0.1, 0.15) is 11.8 Å². The highest BCUT2D eigenvalue weighted by Crippen LogP contribution is 2.28. The Morgan fingerprint density at radius 3 is 2.33 bits per heavy atom. The quantitative estimate of drug-likeness (QED) is 0.284. The van der Waals surface area contributed by atoms with Gasteiger partial charge in [-0.25, -0.2) is 17.9 Å². The summed E-state index contributed by atoms with van der Waals surface area (Å²) in [5.74, 6) is 0.255. The van der Waals surface area contributed by atoms with Gasteiger partial charge >= 0.3 is 6.03 Å². The zero-order chi connectivity index (χ0) is 28.7. The first kappa shape index (κ1) is 28.4. The Hall–Kier alpha value is -4.57. The van der Waals surface area contributed by atoms with E-state index in [1.54, 1.807) is 56.5 Å². The zero-order valence-electron chi connectivity index (χ0n) is 22.5. The number of carbonyl (C=O) groups excluding carboxylic acids is 2. The van der Waals surface area contributed by atoms with Crippen LogP contribution in [0.3, 0.4) is 0 Å². The van der Waals surface area contributed by atoms with Crippen LogP contribution in [0.25, 0.3) is 11.1 Å². The fraction of sp³-hybridized carbons (Fsp3) is 0.200. The summed E-state index contributed by atoms with van der Waals surface area (Å²) in [4.78, 5) is 28.3. The third-order valence-electron chi connectivity index (χ3n) is 6.49. The number of anilines is 1. The van der Waals surface area contributed by atoms with Crippen molar-refractivity contribution in [3.63, 3.8) is 0 Å². The van der Waals surface area contributed by atoms with Crippen LogP contribution in [0.5, 0.6) is 5.75 Å². The summed E-state index contributed by atoms with van der Waals surface area (Å²) in [6, 6.07) is 20.6. The number of sulfonamides is 1. The number of amides is 3. The number of benzene rings is 3. The highest BCUT2D eigenvalue weighted by molar-refractivity contribution is 7.90. The van der Waals surface area contributed by atoms with E-state index in [9.17, 15) is 18.0 Å². The molecule has 0 bridgehead atoms. The first-order valence-corrected chi connectivity index (χ1v) is 14.2. The summed E-state index contributed by atoms with van der Waals surface area (Å²) in [6.45, 7) is 3.81. The van der Waals surface area contributed by atoms with E-state index in [1.807, 2.05) is 37.3 Å². The minimum absolute atomic E-state index is 0.0549. The molecule has 3 aromatic carbocycles. The number of carbonyl (C=O) groups is 2. The van der Waals surface area contributed by atoms with E-state index in [0.29, 0.717) is 34.7 Å². The van der Waals surface area contributed by atoms with Crippen molar-refractivity contribution >= 4 is 27.6 Å². The highest BCUT2D eigenvalue weighted by Gasteiger charge is 2.29. The molecular weight excluding hydrogens is 530 g/mol. The van der Waals surface area contributed by atoms with E-state index in [1.165, 1.54) is 23.5 Å². The molecule has 4 rings (SSSR count). The predicted molar refractivity (Wildman–Crippen MR) is 153 cm³/mol. The summed E-state index contributed by atoms with van der Waals surface area (Å²) in [7, 11) is -2.71. The Morgan fingerprint density at radius 1 is 0.975 bits per heavy atom. The molecule has 0 aliphatic carbocycles. The maximum absolute atomic E-state index is 13.7. The van der Waals surface area contributed by atoms with Crippen molar-refractivity contribution in [1.82, 2.24) is 10.0 Å². The maximum atomic E-state index is 13.7. The number of urea groups is 1. The van der Waals surface area contributed by atoms with Gasteiger partial charge in [-0.05, 0) is 66.9 Å². The molecule has 1 atom stereocenters. The van der Waals surface area contributed by atoms with Crippen molar-refractivity contribution in [1.29, 1.82) is 0 Å². The lowest BCUT2D eigenvalue weighted by molar-refractivity contribution is -0.120. The van der Waals surface area contributed by atoms with Gasteiger partial charge in [0.05, 0.1) is 24.5 Å². The van der Waals surface area contributed by atoms with Crippen molar-refractivity contribution in [2.75, 3.05) is 18.6 Å². The second-order valence-electron chi connectivity index (χ2n) is 9.04. The Morgan fingerprint density at radius 2 is 1.70 bits per heavy atom. The maximum Gasteiger partial charge on any atom is 0.329 e. The Bertz CT molecular complexity index is 1550. The fourth-order valence-electron chi connectivity index (χ4n) is 4.47. The minimum atomic E-state index is -4.27. The van der Waals surface area contributed by atoms with Crippen LogP contribution in [-0.2, 0) is 21.2 Å². The van der Waals surface area contributed by atoms with Gasteiger partial charge in [0.2, 0.25) is 5.91 Å². The van der Waals surface area contributed by atoms with Crippen molar-refractivity contribution in [3.8, 4) is 16.9 Å². The number of hydrogen-bond acceptors (Lipinski definition) is 6. The largest absolute Gasteiger partial charge is 0.497 e. The van der Waals surface area contributed by atoms with Crippen molar-refractivity contribution < 1.29 is 27.2 Å². The Kier molecular flexibility index (Phi) is 8.90. The molecule has 2 N–H and O–H groups in total. The Balaban J connectivity index is 1.58. The van der Waals surface area contributed by atoms with Crippen LogP contribution < -0.4 is 19.7 Å². The smallest absolute Gasteiger partial charge is 0.329 e. The monoisotopic (exact) mass is 561 g/mol. The lowest BCUT2D eigenvalue weighted by Gasteiger charge is -2.27. The average molecular weight is 562 g/mol. The molecule has 0 radical (unpaired) electrons. The van der Waals surface area contributed by atoms with E-state index in [2.05, 4.69) is 10.0 Å². The molecular formula is C30H31N3O6S. The van der Waals surface area contributed by atoms with E-state index < -0.39 is 22.1 Å². The standard InChI is InChI=1S/C30H31N3O6S/c1-4-33(24-13-15-25(38-3)16-14-24)29(34)27(19-22-9-6-5-7-10-22)31-30(35)32-40(36,37)28-12-8-11-26(21(28)2)23-17-18-39-20-23/h5-18,20,27H,4,19H2,1-3H3,(H2,31,32,35). The van der Waals surface area contributed by atoms with Gasteiger partial charge in [-0.15, -0.1) is 0 Å². The number of ether oxygens (including phenoxy) is 1. The molecule has 4 aromatic rings. The van der Waals surface area contributed by atoms with Crippen LogP contribution in [0.4, 0.5) is 10.5 Å². The summed E-state index contributed by atoms with van der Waals surface area (Å²) in [5.41, 5.74) is 3.25. The van der Waals surface area contributed by atoms with E-state index in [4.69, 9.17) is 9.15 Å². The molecule has 208 valence electrons. The molecule has 3 amide bonds. The molecule has 0 saturated carbocycles. The molecule has 1 unspecified atom stereocenters. The molecule has 0 fully saturated rings. The summed E-state index contributed by atoms with van der Waals surface area (Å²) in [5, 5.41) is 2.60. The van der Waals surface area contributed by atoms with E-state index in [0.717, 1.165) is 5.56 Å². The molecule has 10 heteroatoms. The number of methoxy groups -OCH3 is 1. The number of likely N-dealkylation sites (N-methyl/N-ethyl adjacent to an activating group) is 1. The van der Waals surface area contributed by atoms with Crippen molar-refractivity contribution in [3.05, 3.63) is 103 Å². The van der Waals surface area contributed by atoms with Gasteiger partial charge in [0.15, 0.2) is 0 Å². The molecule has 0 aliphatic heterocycles. The van der Waals surface area contributed by atoms with Gasteiger partial charge in [-0.2, -0.15) is 0 Å². The second kappa shape index (κ2) is 12.5. The van der Waals surface area contributed by atoms with Gasteiger partial charge < -0.3 is 19.4 Å². The summed E-state index contributed by atoms with van der Waals surface area (Å²) >= 11 is 0. The Labute approximate surface area is 233 Å². The number of furan rings is 1. The van der Waals surface area contributed by atoms with Crippen LogP contribution in [-0.4, -0.2) is 40.1 Å². The summed E-state index contributed by atoms with van der Waals surface area (Å²) in [6.07, 6.45) is 3.17. The molecule has 0 aliphatic rings. The number of rotatable bonds is 10. The molecule has 9 nitrogen and oxygen atoms in total. The van der Waals surface area contributed by atoms with Crippen LogP contribution in [0.15, 0.2) is 101 Å². The lowest BCUT2D eigenvalue weighted by atomic mass is 10.0. The second-order valence-corrected chi connectivity index (χ2v) is 10.7. The minimum Gasteiger partial charge on any atom is -0.497 e. The first-order chi connectivity index (χ1) is 19.2. The molecule has 1 heterocycles. The topological polar surface area (TPSA) is 118 Å². The van der Waals surface area contributed by atoms with Crippen molar-refractivity contribution in [2.24, 2.45) is 0 Å². The van der Waals surface area contributed by atoms with Crippen molar-refractivity contribution in [2.45, 2.75) is 31.2 Å². The SMILES string of the molecule is CCN(C(=O)C(Cc1ccccc1)NC(=O)NS(=O)(=O)c1cccc(-c2ccoc2)c1C)c1ccc(OC)cc1. The number of nitrogens with zero attached hydrogens (tertiary/aromatic N) is 1. The van der Waals surface area contributed by atoms with Gasteiger partial charge in [0.25, 0.3) is 10.0 Å². The van der Waals surface area contributed by atoms with Crippen LogP contribution in [0.1, 0.15) is 18.1 Å². The van der Waals surface area contributed by atoms with Gasteiger partial charge in [-0.1, -0.05) is 42.5 Å². The summed E-state index contributed by atoms with van der Waals surface area (Å²) < 4.78 is 38.9. The average Bonchev–Trinajstić information content (AvgIpc) is 3.48. The number of hydrogen-bond donors (Lipinski definition) is 2. The van der Waals surface area contributed by atoms with Gasteiger partial charge in [-0.3, -0.25) is 4.79 Å². The van der Waals surface area contributed by atoms with E-state index in [-0.39, 0.29) is 17.2 Å². The normalized spacial score (nSPS) is 11.9. The predicted octanol–water partition coefficient (Wildman–Crippen LogP) is 4.92. The highest BCUT2D eigenvalue weighted by atomic mass is 32.2. The van der Waals surface area contributed by atoms with Crippen LogP contribution >= 0.6 is 0 Å². The first-order valence-electron chi connectivity index (χ1n) is 12.7. The third-order valence-corrected chi connectivity index (χ3v) is 7.96. The zero-order valence-corrected chi connectivity index (χ0v) is 23.3. The third kappa shape index (κ3) is 6.52. The van der Waals surface area contributed by atoms with Crippen LogP contribution in [0.2, 0.25) is 0 Å². The molecule has 1 aromatic heterocycles.